The van der Waals surface area contributed by atoms with Gasteiger partial charge in [-0.05, 0) is 12.1 Å². The van der Waals surface area contributed by atoms with E-state index in [0.29, 0.717) is 23.7 Å². The van der Waals surface area contributed by atoms with E-state index in [-0.39, 0.29) is 5.84 Å². The molecule has 5 nitrogen and oxygen atoms in total. The largest absolute Gasteiger partial charge is 0.409 e. The van der Waals surface area contributed by atoms with Gasteiger partial charge in [0.15, 0.2) is 5.84 Å². The van der Waals surface area contributed by atoms with E-state index in [4.69, 9.17) is 27.3 Å². The number of nitrogens with two attached hydrogens (primary N) is 1. The molecule has 0 aliphatic rings. The Morgan fingerprint density at radius 1 is 1.59 bits per heavy atom. The van der Waals surface area contributed by atoms with Gasteiger partial charge in [-0.15, -0.1) is 0 Å². The second-order valence-corrected chi connectivity index (χ2v) is 3.94. The quantitative estimate of drug-likeness (QED) is 0.363. The number of oxime groups is 1. The third-order valence-corrected chi connectivity index (χ3v) is 2.71. The van der Waals surface area contributed by atoms with Gasteiger partial charge in [0.05, 0.1) is 17.2 Å². The molecule has 0 amide bonds. The zero-order chi connectivity index (χ0) is 12.8. The normalized spacial score (nSPS) is 11.6. The van der Waals surface area contributed by atoms with Crippen LogP contribution < -0.4 is 10.6 Å². The fraction of sp³-hybridized carbons (Fsp3) is 0.364. The van der Waals surface area contributed by atoms with Crippen molar-refractivity contribution in [3.8, 4) is 0 Å². The van der Waals surface area contributed by atoms with Crippen LogP contribution in [0.3, 0.4) is 0 Å². The third-order valence-electron chi connectivity index (χ3n) is 2.40. The fourth-order valence-electron chi connectivity index (χ4n) is 1.48. The maximum absolute atomic E-state index is 8.76. The van der Waals surface area contributed by atoms with Gasteiger partial charge in [-0.1, -0.05) is 22.8 Å². The van der Waals surface area contributed by atoms with Crippen molar-refractivity contribution in [3.63, 3.8) is 0 Å². The van der Waals surface area contributed by atoms with Gasteiger partial charge >= 0.3 is 0 Å². The summed E-state index contributed by atoms with van der Waals surface area (Å²) in [6, 6.07) is 5.37. The summed E-state index contributed by atoms with van der Waals surface area (Å²) in [5.41, 5.74) is 6.94. The second kappa shape index (κ2) is 6.32. The number of amidine groups is 1. The molecule has 0 aliphatic carbocycles. The van der Waals surface area contributed by atoms with E-state index in [1.807, 2.05) is 24.1 Å². The highest BCUT2D eigenvalue weighted by Gasteiger charge is 2.14. The van der Waals surface area contributed by atoms with E-state index in [2.05, 4.69) is 5.16 Å². The summed E-state index contributed by atoms with van der Waals surface area (Å²) in [5.74, 6) is -0.00475. The predicted octanol–water partition coefficient (Wildman–Crippen LogP) is 1.52. The van der Waals surface area contributed by atoms with E-state index < -0.39 is 0 Å². The number of rotatable bonds is 5. The Labute approximate surface area is 105 Å². The van der Waals surface area contributed by atoms with Gasteiger partial charge < -0.3 is 20.6 Å². The summed E-state index contributed by atoms with van der Waals surface area (Å²) in [5, 5.41) is 12.2. The SMILES string of the molecule is COCCN(C)c1cccc(Cl)c1C(N)=NO. The molecule has 1 aromatic rings. The van der Waals surface area contributed by atoms with E-state index >= 15 is 0 Å². The molecular weight excluding hydrogens is 242 g/mol. The molecule has 0 aliphatic heterocycles. The minimum Gasteiger partial charge on any atom is -0.409 e. The Hall–Kier alpha value is -1.46. The third kappa shape index (κ3) is 3.25. The summed E-state index contributed by atoms with van der Waals surface area (Å²) in [4.78, 5) is 1.93. The predicted molar refractivity (Wildman–Crippen MR) is 69.1 cm³/mol. The standard InChI is InChI=1S/C11H16ClN3O2/c1-15(6-7-17-2)9-5-3-4-8(12)10(9)11(13)14-16/h3-5,16H,6-7H2,1-2H3,(H2,13,14). The average molecular weight is 258 g/mol. The highest BCUT2D eigenvalue weighted by atomic mass is 35.5. The minimum absolute atomic E-state index is 0.00475. The topological polar surface area (TPSA) is 71.1 Å². The maximum Gasteiger partial charge on any atom is 0.173 e. The van der Waals surface area contributed by atoms with Crippen LogP contribution in [-0.4, -0.2) is 38.4 Å². The Bertz CT molecular complexity index is 410. The van der Waals surface area contributed by atoms with Crippen molar-refractivity contribution in [2.45, 2.75) is 0 Å². The zero-order valence-electron chi connectivity index (χ0n) is 9.85. The van der Waals surface area contributed by atoms with Crippen molar-refractivity contribution in [3.05, 3.63) is 28.8 Å². The lowest BCUT2D eigenvalue weighted by atomic mass is 10.1. The van der Waals surface area contributed by atoms with Crippen molar-refractivity contribution in [1.82, 2.24) is 0 Å². The molecule has 3 N–H and O–H groups in total. The molecular formula is C11H16ClN3O2. The summed E-state index contributed by atoms with van der Waals surface area (Å²) in [6.07, 6.45) is 0. The zero-order valence-corrected chi connectivity index (χ0v) is 10.6. The Kier molecular flexibility index (Phi) is 5.06. The molecule has 0 atom stereocenters. The lowest BCUT2D eigenvalue weighted by Gasteiger charge is -2.22. The first kappa shape index (κ1) is 13.6. The van der Waals surface area contributed by atoms with Crippen molar-refractivity contribution < 1.29 is 9.94 Å². The lowest BCUT2D eigenvalue weighted by Crippen LogP contribution is -2.26. The first-order valence-electron chi connectivity index (χ1n) is 5.08. The molecule has 0 fully saturated rings. The summed E-state index contributed by atoms with van der Waals surface area (Å²) >= 11 is 6.05. The molecule has 6 heteroatoms. The number of nitrogens with zero attached hydrogens (tertiary/aromatic N) is 2. The number of halogens is 1. The van der Waals surface area contributed by atoms with Crippen LogP contribution in [0.2, 0.25) is 5.02 Å². The highest BCUT2D eigenvalue weighted by Crippen LogP contribution is 2.26. The Morgan fingerprint density at radius 2 is 2.29 bits per heavy atom. The molecule has 1 aromatic carbocycles. The molecule has 0 spiro atoms. The first-order chi connectivity index (χ1) is 8.11. The molecule has 0 aromatic heterocycles. The van der Waals surface area contributed by atoms with E-state index in [1.165, 1.54) is 0 Å². The fourth-order valence-corrected chi connectivity index (χ4v) is 1.75. The van der Waals surface area contributed by atoms with Crippen LogP contribution in [0.5, 0.6) is 0 Å². The van der Waals surface area contributed by atoms with Crippen LogP contribution in [0.1, 0.15) is 5.56 Å². The molecule has 0 saturated heterocycles. The monoisotopic (exact) mass is 257 g/mol. The second-order valence-electron chi connectivity index (χ2n) is 3.53. The highest BCUT2D eigenvalue weighted by molar-refractivity contribution is 6.34. The summed E-state index contributed by atoms with van der Waals surface area (Å²) in [7, 11) is 3.52. The molecule has 17 heavy (non-hydrogen) atoms. The van der Waals surface area contributed by atoms with Gasteiger partial charge in [0.1, 0.15) is 0 Å². The van der Waals surface area contributed by atoms with E-state index in [1.54, 1.807) is 13.2 Å². The maximum atomic E-state index is 8.76. The van der Waals surface area contributed by atoms with Crippen LogP contribution in [-0.2, 0) is 4.74 Å². The molecule has 0 saturated carbocycles. The van der Waals surface area contributed by atoms with Crippen LogP contribution in [0.25, 0.3) is 0 Å². The van der Waals surface area contributed by atoms with Gasteiger partial charge in [-0.25, -0.2) is 0 Å². The van der Waals surface area contributed by atoms with Gasteiger partial charge in [0, 0.05) is 26.4 Å². The average Bonchev–Trinajstić information content (AvgIpc) is 2.34. The van der Waals surface area contributed by atoms with Crippen LogP contribution >= 0.6 is 11.6 Å². The lowest BCUT2D eigenvalue weighted by molar-refractivity contribution is 0.206. The number of methoxy groups -OCH3 is 1. The van der Waals surface area contributed by atoms with Crippen LogP contribution in [0.4, 0.5) is 5.69 Å². The Morgan fingerprint density at radius 3 is 2.88 bits per heavy atom. The van der Waals surface area contributed by atoms with Gasteiger partial charge in [-0.2, -0.15) is 0 Å². The number of hydrogen-bond acceptors (Lipinski definition) is 4. The van der Waals surface area contributed by atoms with Crippen molar-refractivity contribution >= 4 is 23.1 Å². The van der Waals surface area contributed by atoms with Crippen LogP contribution in [0, 0.1) is 0 Å². The molecule has 0 heterocycles. The molecule has 0 radical (unpaired) electrons. The van der Waals surface area contributed by atoms with Crippen LogP contribution in [0.15, 0.2) is 23.4 Å². The number of anilines is 1. The Balaban J connectivity index is 3.10. The number of hydrogen-bond donors (Lipinski definition) is 2. The van der Waals surface area contributed by atoms with Gasteiger partial charge in [0.25, 0.3) is 0 Å². The van der Waals surface area contributed by atoms with Crippen molar-refractivity contribution in [2.75, 3.05) is 32.2 Å². The van der Waals surface area contributed by atoms with Crippen molar-refractivity contribution in [1.29, 1.82) is 0 Å². The number of benzene rings is 1. The molecule has 0 unspecified atom stereocenters. The molecule has 0 bridgehead atoms. The molecule has 1 rings (SSSR count). The van der Waals surface area contributed by atoms with E-state index in [9.17, 15) is 0 Å². The smallest absolute Gasteiger partial charge is 0.173 e. The summed E-state index contributed by atoms with van der Waals surface area (Å²) in [6.45, 7) is 1.27. The summed E-state index contributed by atoms with van der Waals surface area (Å²) < 4.78 is 5.01. The van der Waals surface area contributed by atoms with E-state index in [0.717, 1.165) is 5.69 Å². The van der Waals surface area contributed by atoms with Gasteiger partial charge in [-0.3, -0.25) is 0 Å². The number of ether oxygens (including phenoxy) is 1. The van der Waals surface area contributed by atoms with Gasteiger partial charge in [0.2, 0.25) is 0 Å². The number of likely N-dealkylation sites (N-methyl/N-ethyl adjacent to an activating group) is 1. The minimum atomic E-state index is -0.00475. The van der Waals surface area contributed by atoms with Crippen molar-refractivity contribution in [2.24, 2.45) is 10.9 Å². The first-order valence-corrected chi connectivity index (χ1v) is 5.46. The molecule has 94 valence electrons.